The number of hydrogen-bond acceptors (Lipinski definition) is 3. The van der Waals surface area contributed by atoms with E-state index in [0.717, 1.165) is 11.3 Å². The molecule has 0 aliphatic rings. The average molecular weight is 252 g/mol. The molecule has 19 heavy (non-hydrogen) atoms. The number of amides is 1. The van der Waals surface area contributed by atoms with Crippen LogP contribution in [0.2, 0.25) is 0 Å². The van der Waals surface area contributed by atoms with Crippen molar-refractivity contribution in [3.63, 3.8) is 0 Å². The quantitative estimate of drug-likeness (QED) is 0.820. The van der Waals surface area contributed by atoms with E-state index in [0.29, 0.717) is 17.9 Å². The Morgan fingerprint density at radius 1 is 1.26 bits per heavy atom. The van der Waals surface area contributed by atoms with Gasteiger partial charge in [0.05, 0.1) is 5.56 Å². The fourth-order valence-electron chi connectivity index (χ4n) is 1.55. The summed E-state index contributed by atoms with van der Waals surface area (Å²) in [4.78, 5) is 18.3. The maximum Gasteiger partial charge on any atom is 0.250 e. The molecule has 5 nitrogen and oxygen atoms in total. The predicted octanol–water partition coefficient (Wildman–Crippen LogP) is 2.34. The minimum absolute atomic E-state index is 0.373. The van der Waals surface area contributed by atoms with Crippen molar-refractivity contribution in [2.75, 3.05) is 5.32 Å². The Bertz CT molecular complexity index is 611. The molecule has 1 heterocycles. The molecule has 2 aromatic rings. The van der Waals surface area contributed by atoms with Crippen LogP contribution in [-0.2, 0) is 6.54 Å². The molecule has 5 heteroatoms. The van der Waals surface area contributed by atoms with Gasteiger partial charge in [-0.3, -0.25) is 4.79 Å². The second kappa shape index (κ2) is 5.65. The van der Waals surface area contributed by atoms with Crippen molar-refractivity contribution < 1.29 is 4.79 Å². The van der Waals surface area contributed by atoms with E-state index in [1.54, 1.807) is 12.1 Å². The molecule has 0 saturated heterocycles. The van der Waals surface area contributed by atoms with Crippen molar-refractivity contribution in [3.8, 4) is 0 Å². The third-order valence-electron chi connectivity index (χ3n) is 2.54. The number of benzene rings is 1. The minimum atomic E-state index is -0.498. The largest absolute Gasteiger partial charge is 0.366 e. The van der Waals surface area contributed by atoms with Gasteiger partial charge < -0.3 is 15.9 Å². The van der Waals surface area contributed by atoms with E-state index in [1.165, 1.54) is 6.20 Å². The molecule has 1 amide bonds. The van der Waals surface area contributed by atoms with Gasteiger partial charge in [-0.25, -0.2) is 11.6 Å². The molecule has 0 fully saturated rings. The lowest BCUT2D eigenvalue weighted by atomic mass is 10.2. The number of pyridine rings is 1. The number of hydrogen-bond donors (Lipinski definition) is 2. The van der Waals surface area contributed by atoms with Crippen molar-refractivity contribution in [3.05, 3.63) is 65.1 Å². The molecule has 94 valence electrons. The van der Waals surface area contributed by atoms with Crippen LogP contribution < -0.4 is 11.1 Å². The second-order valence-corrected chi connectivity index (χ2v) is 3.93. The van der Waals surface area contributed by atoms with E-state index in [4.69, 9.17) is 12.3 Å². The Labute approximate surface area is 110 Å². The van der Waals surface area contributed by atoms with E-state index in [-0.39, 0.29) is 0 Å². The standard InChI is InChI=1S/C14H12N4O/c1-16-8-10-2-5-12(6-3-10)18-13-7-4-11(9-17-13)14(15)19/h2-7,9H,8H2,(H2,15,19)(H,17,18). The van der Waals surface area contributed by atoms with Crippen molar-refractivity contribution in [2.45, 2.75) is 6.54 Å². The van der Waals surface area contributed by atoms with E-state index in [1.807, 2.05) is 24.3 Å². The van der Waals surface area contributed by atoms with Crippen molar-refractivity contribution >= 4 is 17.4 Å². The van der Waals surface area contributed by atoms with Gasteiger partial charge in [0.2, 0.25) is 12.5 Å². The maximum atomic E-state index is 10.9. The molecule has 0 aliphatic heterocycles. The molecule has 1 aromatic carbocycles. The Morgan fingerprint density at radius 3 is 2.53 bits per heavy atom. The highest BCUT2D eigenvalue weighted by molar-refractivity contribution is 5.92. The SMILES string of the molecule is [C-]#[N+]Cc1ccc(Nc2ccc(C(N)=O)cn2)cc1. The topological polar surface area (TPSA) is 72.4 Å². The van der Waals surface area contributed by atoms with Gasteiger partial charge in [0, 0.05) is 17.4 Å². The second-order valence-electron chi connectivity index (χ2n) is 3.93. The fourth-order valence-corrected chi connectivity index (χ4v) is 1.55. The summed E-state index contributed by atoms with van der Waals surface area (Å²) in [5.74, 6) is 0.130. The molecule has 3 N–H and O–H groups in total. The van der Waals surface area contributed by atoms with Crippen LogP contribution in [0.5, 0.6) is 0 Å². The highest BCUT2D eigenvalue weighted by Gasteiger charge is 2.01. The van der Waals surface area contributed by atoms with Gasteiger partial charge in [0.1, 0.15) is 5.82 Å². The number of aromatic nitrogens is 1. The fraction of sp³-hybridized carbons (Fsp3) is 0.0714. The normalized spacial score (nSPS) is 9.63. The highest BCUT2D eigenvalue weighted by atomic mass is 16.1. The first kappa shape index (κ1) is 12.6. The highest BCUT2D eigenvalue weighted by Crippen LogP contribution is 2.15. The summed E-state index contributed by atoms with van der Waals surface area (Å²) in [7, 11) is 0. The van der Waals surface area contributed by atoms with Crippen molar-refractivity contribution in [2.24, 2.45) is 5.73 Å². The molecule has 0 aliphatic carbocycles. The molecule has 0 unspecified atom stereocenters. The Balaban J connectivity index is 2.08. The number of carbonyl (C=O) groups is 1. The van der Waals surface area contributed by atoms with Gasteiger partial charge in [-0.05, 0) is 36.4 Å². The van der Waals surface area contributed by atoms with Crippen LogP contribution in [0.1, 0.15) is 15.9 Å². The monoisotopic (exact) mass is 252 g/mol. The summed E-state index contributed by atoms with van der Waals surface area (Å²) in [6, 6.07) is 10.8. The zero-order chi connectivity index (χ0) is 13.7. The maximum absolute atomic E-state index is 10.9. The van der Waals surface area contributed by atoms with Gasteiger partial charge in [-0.15, -0.1) is 0 Å². The van der Waals surface area contributed by atoms with E-state index in [9.17, 15) is 4.79 Å². The third-order valence-corrected chi connectivity index (χ3v) is 2.54. The zero-order valence-corrected chi connectivity index (χ0v) is 10.1. The molecule has 1 aromatic heterocycles. The molecule has 0 bridgehead atoms. The Hall–Kier alpha value is -2.87. The van der Waals surface area contributed by atoms with Gasteiger partial charge in [-0.1, -0.05) is 0 Å². The Kier molecular flexibility index (Phi) is 3.74. The van der Waals surface area contributed by atoms with Gasteiger partial charge in [0.15, 0.2) is 0 Å². The van der Waals surface area contributed by atoms with Crippen molar-refractivity contribution in [1.82, 2.24) is 4.98 Å². The van der Waals surface area contributed by atoms with Gasteiger partial charge >= 0.3 is 0 Å². The van der Waals surface area contributed by atoms with Crippen LogP contribution in [0.4, 0.5) is 11.5 Å². The molecular weight excluding hydrogens is 240 g/mol. The van der Waals surface area contributed by atoms with Crippen LogP contribution >= 0.6 is 0 Å². The smallest absolute Gasteiger partial charge is 0.250 e. The van der Waals surface area contributed by atoms with Crippen LogP contribution in [0.15, 0.2) is 42.6 Å². The van der Waals surface area contributed by atoms with Crippen LogP contribution in [0, 0.1) is 6.57 Å². The molecule has 2 rings (SSSR count). The Morgan fingerprint density at radius 2 is 2.00 bits per heavy atom. The number of nitrogens with two attached hydrogens (primary N) is 1. The van der Waals surface area contributed by atoms with Crippen LogP contribution in [0.25, 0.3) is 4.85 Å². The molecule has 0 radical (unpaired) electrons. The summed E-state index contributed by atoms with van der Waals surface area (Å²) in [6.07, 6.45) is 1.43. The van der Waals surface area contributed by atoms with Crippen LogP contribution in [0.3, 0.4) is 0 Å². The van der Waals surface area contributed by atoms with Gasteiger partial charge in [0.25, 0.3) is 0 Å². The average Bonchev–Trinajstić information content (AvgIpc) is 2.42. The van der Waals surface area contributed by atoms with Crippen molar-refractivity contribution in [1.29, 1.82) is 0 Å². The summed E-state index contributed by atoms with van der Waals surface area (Å²) >= 11 is 0. The number of primary amides is 1. The lowest BCUT2D eigenvalue weighted by molar-refractivity contribution is 0.1000. The minimum Gasteiger partial charge on any atom is -0.366 e. The molecule has 0 spiro atoms. The summed E-state index contributed by atoms with van der Waals surface area (Å²) in [5, 5.41) is 3.10. The lowest BCUT2D eigenvalue weighted by Gasteiger charge is -2.05. The lowest BCUT2D eigenvalue weighted by Crippen LogP contribution is -2.11. The van der Waals surface area contributed by atoms with Crippen LogP contribution in [-0.4, -0.2) is 10.9 Å². The number of nitrogens with one attached hydrogen (secondary N) is 1. The number of carbonyl (C=O) groups excluding carboxylic acids is 1. The first-order valence-electron chi connectivity index (χ1n) is 5.64. The summed E-state index contributed by atoms with van der Waals surface area (Å²) < 4.78 is 0. The van der Waals surface area contributed by atoms with E-state index >= 15 is 0 Å². The predicted molar refractivity (Wildman–Crippen MR) is 72.8 cm³/mol. The summed E-state index contributed by atoms with van der Waals surface area (Å²) in [5.41, 5.74) is 7.35. The molecule has 0 atom stereocenters. The summed E-state index contributed by atoms with van der Waals surface area (Å²) in [6.45, 7) is 7.17. The zero-order valence-electron chi connectivity index (χ0n) is 10.1. The third kappa shape index (κ3) is 3.30. The number of nitrogens with zero attached hydrogens (tertiary/aromatic N) is 2. The van der Waals surface area contributed by atoms with E-state index < -0.39 is 5.91 Å². The molecular formula is C14H12N4O. The first-order valence-corrected chi connectivity index (χ1v) is 5.64. The van der Waals surface area contributed by atoms with Gasteiger partial charge in [-0.2, -0.15) is 0 Å². The number of rotatable bonds is 4. The first-order chi connectivity index (χ1) is 9.19. The van der Waals surface area contributed by atoms with E-state index in [2.05, 4.69) is 15.1 Å². The molecule has 0 saturated carbocycles. The number of anilines is 2.